The fourth-order valence-electron chi connectivity index (χ4n) is 2.46. The van der Waals surface area contributed by atoms with E-state index in [0.29, 0.717) is 5.54 Å². The van der Waals surface area contributed by atoms with Crippen LogP contribution in [0.4, 0.5) is 5.69 Å². The van der Waals surface area contributed by atoms with Crippen molar-refractivity contribution in [2.45, 2.75) is 58.4 Å². The first kappa shape index (κ1) is 15.0. The predicted octanol–water partition coefficient (Wildman–Crippen LogP) is 3.76. The molecule has 1 aromatic carbocycles. The average Bonchev–Trinajstić information content (AvgIpc) is 2.42. The van der Waals surface area contributed by atoms with Crippen LogP contribution in [-0.2, 0) is 6.42 Å². The minimum atomic E-state index is 0.348. The highest BCUT2D eigenvalue weighted by atomic mass is 15.0. The maximum Gasteiger partial charge on any atom is 0.0314 e. The molecule has 0 fully saturated rings. The summed E-state index contributed by atoms with van der Waals surface area (Å²) in [5.41, 5.74) is 8.25. The van der Waals surface area contributed by atoms with E-state index in [1.807, 2.05) is 12.1 Å². The van der Waals surface area contributed by atoms with E-state index >= 15 is 0 Å². The van der Waals surface area contributed by atoms with Crippen molar-refractivity contribution < 1.29 is 0 Å². The van der Waals surface area contributed by atoms with E-state index in [0.717, 1.165) is 18.7 Å². The van der Waals surface area contributed by atoms with Crippen LogP contribution in [0.1, 0.15) is 52.0 Å². The van der Waals surface area contributed by atoms with Crippen molar-refractivity contribution in [2.75, 3.05) is 12.3 Å². The van der Waals surface area contributed by atoms with E-state index < -0.39 is 0 Å². The van der Waals surface area contributed by atoms with E-state index in [4.69, 9.17) is 5.73 Å². The van der Waals surface area contributed by atoms with Gasteiger partial charge in [0, 0.05) is 11.2 Å². The third-order valence-electron chi connectivity index (χ3n) is 4.15. The Bertz CT molecular complexity index is 317. The first-order chi connectivity index (χ1) is 8.65. The highest BCUT2D eigenvalue weighted by molar-refractivity contribution is 5.39. The molecule has 0 heterocycles. The third-order valence-corrected chi connectivity index (χ3v) is 4.15. The minimum Gasteiger partial charge on any atom is -0.399 e. The van der Waals surface area contributed by atoms with Crippen LogP contribution in [0.3, 0.4) is 0 Å². The molecule has 0 saturated carbocycles. The molecule has 3 N–H and O–H groups in total. The molecule has 0 spiro atoms. The summed E-state index contributed by atoms with van der Waals surface area (Å²) in [5.74, 6) is 0. The van der Waals surface area contributed by atoms with Gasteiger partial charge < -0.3 is 11.1 Å². The molecule has 0 aromatic heterocycles. The van der Waals surface area contributed by atoms with Gasteiger partial charge in [-0.15, -0.1) is 0 Å². The Kier molecular flexibility index (Phi) is 6.20. The number of hydrogen-bond acceptors (Lipinski definition) is 2. The van der Waals surface area contributed by atoms with Gasteiger partial charge in [-0.1, -0.05) is 32.9 Å². The van der Waals surface area contributed by atoms with Crippen LogP contribution in [0.15, 0.2) is 24.3 Å². The van der Waals surface area contributed by atoms with Crippen molar-refractivity contribution >= 4 is 5.69 Å². The van der Waals surface area contributed by atoms with Crippen LogP contribution in [-0.4, -0.2) is 12.1 Å². The monoisotopic (exact) mass is 248 g/mol. The maximum absolute atomic E-state index is 5.68. The van der Waals surface area contributed by atoms with Gasteiger partial charge in [-0.2, -0.15) is 0 Å². The van der Waals surface area contributed by atoms with Crippen LogP contribution in [0, 0.1) is 0 Å². The SMILES string of the molecule is CCC(CC)(CC)NCCCc1ccc(N)cc1. The summed E-state index contributed by atoms with van der Waals surface area (Å²) in [6.07, 6.45) is 5.94. The van der Waals surface area contributed by atoms with Crippen molar-refractivity contribution in [2.24, 2.45) is 0 Å². The molecule has 0 aliphatic rings. The summed E-state index contributed by atoms with van der Waals surface area (Å²) >= 11 is 0. The topological polar surface area (TPSA) is 38.0 Å². The van der Waals surface area contributed by atoms with Gasteiger partial charge in [0.2, 0.25) is 0 Å². The summed E-state index contributed by atoms with van der Waals surface area (Å²) in [7, 11) is 0. The summed E-state index contributed by atoms with van der Waals surface area (Å²) in [5, 5.41) is 3.74. The number of nitrogens with one attached hydrogen (secondary N) is 1. The van der Waals surface area contributed by atoms with Crippen molar-refractivity contribution in [3.05, 3.63) is 29.8 Å². The van der Waals surface area contributed by atoms with Crippen LogP contribution < -0.4 is 11.1 Å². The molecule has 1 rings (SSSR count). The summed E-state index contributed by atoms with van der Waals surface area (Å²) in [6, 6.07) is 8.22. The van der Waals surface area contributed by atoms with Gasteiger partial charge in [-0.3, -0.25) is 0 Å². The maximum atomic E-state index is 5.68. The lowest BCUT2D eigenvalue weighted by Gasteiger charge is -2.32. The highest BCUT2D eigenvalue weighted by Crippen LogP contribution is 2.19. The lowest BCUT2D eigenvalue weighted by Crippen LogP contribution is -2.44. The first-order valence-corrected chi connectivity index (χ1v) is 7.25. The Morgan fingerprint density at radius 3 is 2.06 bits per heavy atom. The lowest BCUT2D eigenvalue weighted by molar-refractivity contribution is 0.290. The zero-order valence-corrected chi connectivity index (χ0v) is 12.1. The Hall–Kier alpha value is -1.02. The standard InChI is InChI=1S/C16H28N2/c1-4-16(5-2,6-3)18-13-7-8-14-9-11-15(17)12-10-14/h9-12,18H,4-8,13,17H2,1-3H3. The Morgan fingerprint density at radius 2 is 1.56 bits per heavy atom. The van der Waals surface area contributed by atoms with Gasteiger partial charge in [-0.05, 0) is 56.3 Å². The molecule has 0 unspecified atom stereocenters. The molecule has 0 atom stereocenters. The normalized spacial score (nSPS) is 11.7. The van der Waals surface area contributed by atoms with Gasteiger partial charge in [0.05, 0.1) is 0 Å². The zero-order valence-electron chi connectivity index (χ0n) is 12.1. The van der Waals surface area contributed by atoms with Crippen molar-refractivity contribution in [3.8, 4) is 0 Å². The van der Waals surface area contributed by atoms with Crippen LogP contribution >= 0.6 is 0 Å². The molecule has 0 radical (unpaired) electrons. The molecular weight excluding hydrogens is 220 g/mol. The van der Waals surface area contributed by atoms with Gasteiger partial charge in [-0.25, -0.2) is 0 Å². The van der Waals surface area contributed by atoms with Crippen molar-refractivity contribution in [3.63, 3.8) is 0 Å². The number of nitrogen functional groups attached to an aromatic ring is 1. The fourth-order valence-corrected chi connectivity index (χ4v) is 2.46. The Morgan fingerprint density at radius 1 is 1.00 bits per heavy atom. The molecule has 102 valence electrons. The largest absolute Gasteiger partial charge is 0.399 e. The highest BCUT2D eigenvalue weighted by Gasteiger charge is 2.21. The second-order valence-corrected chi connectivity index (χ2v) is 5.11. The number of benzene rings is 1. The number of hydrogen-bond donors (Lipinski definition) is 2. The molecule has 0 amide bonds. The van der Waals surface area contributed by atoms with E-state index in [-0.39, 0.29) is 0 Å². The molecule has 0 aliphatic carbocycles. The second kappa shape index (κ2) is 7.42. The first-order valence-electron chi connectivity index (χ1n) is 7.25. The molecule has 0 aliphatic heterocycles. The minimum absolute atomic E-state index is 0.348. The van der Waals surface area contributed by atoms with Crippen LogP contribution in [0.2, 0.25) is 0 Å². The average molecular weight is 248 g/mol. The molecule has 0 bridgehead atoms. The zero-order chi connectivity index (χ0) is 13.4. The number of nitrogens with two attached hydrogens (primary N) is 1. The van der Waals surface area contributed by atoms with Gasteiger partial charge in [0.15, 0.2) is 0 Å². The van der Waals surface area contributed by atoms with E-state index in [1.165, 1.54) is 31.2 Å². The predicted molar refractivity (Wildman–Crippen MR) is 80.8 cm³/mol. The van der Waals surface area contributed by atoms with E-state index in [1.54, 1.807) is 0 Å². The van der Waals surface area contributed by atoms with E-state index in [2.05, 4.69) is 38.2 Å². The number of anilines is 1. The molecular formula is C16H28N2. The quantitative estimate of drug-likeness (QED) is 0.543. The summed E-state index contributed by atoms with van der Waals surface area (Å²) < 4.78 is 0. The second-order valence-electron chi connectivity index (χ2n) is 5.11. The van der Waals surface area contributed by atoms with E-state index in [9.17, 15) is 0 Å². The molecule has 18 heavy (non-hydrogen) atoms. The van der Waals surface area contributed by atoms with Gasteiger partial charge >= 0.3 is 0 Å². The molecule has 2 heteroatoms. The molecule has 1 aromatic rings. The Balaban J connectivity index is 2.31. The Labute approximate surface area is 112 Å². The third kappa shape index (κ3) is 4.34. The van der Waals surface area contributed by atoms with Crippen LogP contribution in [0.5, 0.6) is 0 Å². The van der Waals surface area contributed by atoms with Crippen molar-refractivity contribution in [1.82, 2.24) is 5.32 Å². The van der Waals surface area contributed by atoms with Gasteiger partial charge in [0.1, 0.15) is 0 Å². The number of aryl methyl sites for hydroxylation is 1. The van der Waals surface area contributed by atoms with Crippen molar-refractivity contribution in [1.29, 1.82) is 0 Å². The lowest BCUT2D eigenvalue weighted by atomic mass is 9.89. The summed E-state index contributed by atoms with van der Waals surface area (Å²) in [4.78, 5) is 0. The number of rotatable bonds is 8. The smallest absolute Gasteiger partial charge is 0.0314 e. The molecule has 2 nitrogen and oxygen atoms in total. The van der Waals surface area contributed by atoms with Crippen LogP contribution in [0.25, 0.3) is 0 Å². The van der Waals surface area contributed by atoms with Gasteiger partial charge in [0.25, 0.3) is 0 Å². The summed E-state index contributed by atoms with van der Waals surface area (Å²) in [6.45, 7) is 7.93. The molecule has 0 saturated heterocycles. The fraction of sp³-hybridized carbons (Fsp3) is 0.625.